The van der Waals surface area contributed by atoms with Gasteiger partial charge in [-0.1, -0.05) is 19.1 Å². The maximum atomic E-state index is 12.1. The molecule has 1 amide bonds. The second kappa shape index (κ2) is 10.6. The third-order valence-electron chi connectivity index (χ3n) is 7.71. The van der Waals surface area contributed by atoms with E-state index in [1.807, 2.05) is 43.3 Å². The summed E-state index contributed by atoms with van der Waals surface area (Å²) in [7, 11) is 0. The Labute approximate surface area is 218 Å². The van der Waals surface area contributed by atoms with E-state index in [-0.39, 0.29) is 5.91 Å². The van der Waals surface area contributed by atoms with E-state index in [9.17, 15) is 4.79 Å². The molecule has 1 saturated heterocycles. The van der Waals surface area contributed by atoms with Gasteiger partial charge in [0.25, 0.3) is 0 Å². The Morgan fingerprint density at radius 1 is 1.11 bits per heavy atom. The molecule has 3 aromatic rings. The summed E-state index contributed by atoms with van der Waals surface area (Å²) >= 11 is 0. The Balaban J connectivity index is 1.32. The summed E-state index contributed by atoms with van der Waals surface area (Å²) in [6.45, 7) is 3.78. The lowest BCUT2D eigenvalue weighted by Crippen LogP contribution is -2.39. The van der Waals surface area contributed by atoms with Crippen molar-refractivity contribution in [2.24, 2.45) is 11.8 Å². The van der Waals surface area contributed by atoms with Crippen LogP contribution in [0.3, 0.4) is 0 Å². The van der Waals surface area contributed by atoms with Gasteiger partial charge in [0.05, 0.1) is 12.1 Å². The highest BCUT2D eigenvalue weighted by Crippen LogP contribution is 2.34. The molecule has 37 heavy (non-hydrogen) atoms. The normalized spacial score (nSPS) is 23.0. The van der Waals surface area contributed by atoms with Gasteiger partial charge < -0.3 is 15.4 Å². The number of hydrogen-bond donors (Lipinski definition) is 4. The zero-order valence-electron chi connectivity index (χ0n) is 21.4. The van der Waals surface area contributed by atoms with Gasteiger partial charge in [-0.3, -0.25) is 15.6 Å². The number of anilines is 2. The highest BCUT2D eigenvalue weighted by molar-refractivity contribution is 5.93. The molecule has 3 fully saturated rings. The third-order valence-corrected chi connectivity index (χ3v) is 7.71. The smallest absolute Gasteiger partial charge is 0.224 e. The van der Waals surface area contributed by atoms with Crippen LogP contribution < -0.4 is 26.2 Å². The summed E-state index contributed by atoms with van der Waals surface area (Å²) in [5.74, 6) is 3.70. The van der Waals surface area contributed by atoms with Gasteiger partial charge in [0.2, 0.25) is 5.91 Å². The molecule has 2 aromatic carbocycles. The summed E-state index contributed by atoms with van der Waals surface area (Å²) in [6.07, 6.45) is 7.17. The van der Waals surface area contributed by atoms with E-state index >= 15 is 0 Å². The van der Waals surface area contributed by atoms with Crippen LogP contribution in [-0.4, -0.2) is 41.1 Å². The van der Waals surface area contributed by atoms with Crippen LogP contribution in [0.4, 0.5) is 11.5 Å². The van der Waals surface area contributed by atoms with Crippen LogP contribution in [0.5, 0.6) is 5.75 Å². The standard InChI is InChI=1S/C29H36N6O2/c1-2-4-27(36)31-21-6-3-5-19(13-21)28-33-26-12-10-23(37-17-18-7-8-18)15-24(26)29(34-28)32-22-9-11-25-20(14-22)16-30-35-25/h3,5-6,10,12-13,15,18,20,22,25,30,35H,2,4,7-9,11,14,16-17H2,1H3,(H,31,36)(H,32,33,34). The van der Waals surface area contributed by atoms with Crippen molar-refractivity contribution < 1.29 is 9.53 Å². The molecule has 2 heterocycles. The van der Waals surface area contributed by atoms with Gasteiger partial charge in [-0.05, 0) is 80.7 Å². The topological polar surface area (TPSA) is 100 Å². The average molecular weight is 501 g/mol. The number of carbonyl (C=O) groups excluding carboxylic acids is 1. The number of rotatable bonds is 9. The third kappa shape index (κ3) is 5.70. The van der Waals surface area contributed by atoms with E-state index in [0.717, 1.165) is 72.6 Å². The van der Waals surface area contributed by atoms with Crippen molar-refractivity contribution in [1.29, 1.82) is 0 Å². The average Bonchev–Trinajstić information content (AvgIpc) is 3.62. The van der Waals surface area contributed by atoms with Crippen molar-refractivity contribution in [2.45, 2.75) is 64.0 Å². The van der Waals surface area contributed by atoms with Gasteiger partial charge in [0.15, 0.2) is 5.82 Å². The lowest BCUT2D eigenvalue weighted by atomic mass is 9.83. The minimum Gasteiger partial charge on any atom is -0.493 e. The molecule has 2 saturated carbocycles. The predicted molar refractivity (Wildman–Crippen MR) is 146 cm³/mol. The van der Waals surface area contributed by atoms with Gasteiger partial charge in [-0.15, -0.1) is 0 Å². The van der Waals surface area contributed by atoms with Crippen molar-refractivity contribution in [2.75, 3.05) is 23.8 Å². The molecule has 1 aromatic heterocycles. The molecule has 0 radical (unpaired) electrons. The highest BCUT2D eigenvalue weighted by Gasteiger charge is 2.34. The van der Waals surface area contributed by atoms with E-state index < -0.39 is 0 Å². The van der Waals surface area contributed by atoms with Crippen LogP contribution in [-0.2, 0) is 4.79 Å². The molecular formula is C29H36N6O2. The van der Waals surface area contributed by atoms with Crippen LogP contribution in [0.2, 0.25) is 0 Å². The lowest BCUT2D eigenvalue weighted by Gasteiger charge is -2.31. The second-order valence-corrected chi connectivity index (χ2v) is 10.8. The van der Waals surface area contributed by atoms with Crippen molar-refractivity contribution in [3.63, 3.8) is 0 Å². The number of hydrogen-bond acceptors (Lipinski definition) is 7. The van der Waals surface area contributed by atoms with E-state index in [0.29, 0.717) is 36.2 Å². The monoisotopic (exact) mass is 500 g/mol. The largest absolute Gasteiger partial charge is 0.493 e. The highest BCUT2D eigenvalue weighted by atomic mass is 16.5. The van der Waals surface area contributed by atoms with E-state index in [4.69, 9.17) is 14.7 Å². The molecule has 1 aliphatic heterocycles. The van der Waals surface area contributed by atoms with E-state index in [1.165, 1.54) is 12.8 Å². The second-order valence-electron chi connectivity index (χ2n) is 10.8. The SMILES string of the molecule is CCCC(=O)Nc1cccc(-c2nc(NC3CCC4NNCC4C3)c3cc(OCC4CC4)ccc3n2)c1. The van der Waals surface area contributed by atoms with Crippen LogP contribution in [0.1, 0.15) is 51.9 Å². The zero-order chi connectivity index (χ0) is 25.2. The molecule has 4 N–H and O–H groups in total. The number of hydrazine groups is 1. The summed E-state index contributed by atoms with van der Waals surface area (Å²) in [4.78, 5) is 22.1. The fourth-order valence-corrected chi connectivity index (χ4v) is 5.45. The zero-order valence-corrected chi connectivity index (χ0v) is 21.4. The first-order chi connectivity index (χ1) is 18.1. The quantitative estimate of drug-likeness (QED) is 0.332. The Morgan fingerprint density at radius 3 is 2.89 bits per heavy atom. The molecule has 2 aliphatic carbocycles. The van der Waals surface area contributed by atoms with Crippen LogP contribution >= 0.6 is 0 Å². The minimum atomic E-state index is 0.0201. The number of nitrogens with zero attached hydrogens (tertiary/aromatic N) is 2. The Morgan fingerprint density at radius 2 is 2.03 bits per heavy atom. The van der Waals surface area contributed by atoms with Crippen molar-refractivity contribution in [3.8, 4) is 17.1 Å². The van der Waals surface area contributed by atoms with Crippen molar-refractivity contribution in [1.82, 2.24) is 20.8 Å². The van der Waals surface area contributed by atoms with E-state index in [1.54, 1.807) is 0 Å². The van der Waals surface area contributed by atoms with Gasteiger partial charge in [0.1, 0.15) is 11.6 Å². The fourth-order valence-electron chi connectivity index (χ4n) is 5.45. The van der Waals surface area contributed by atoms with Crippen molar-refractivity contribution >= 4 is 28.3 Å². The van der Waals surface area contributed by atoms with Crippen LogP contribution in [0, 0.1) is 11.8 Å². The van der Waals surface area contributed by atoms with Gasteiger partial charge >= 0.3 is 0 Å². The van der Waals surface area contributed by atoms with Crippen molar-refractivity contribution in [3.05, 3.63) is 42.5 Å². The number of amides is 1. The minimum absolute atomic E-state index is 0.0201. The molecule has 0 bridgehead atoms. The predicted octanol–water partition coefficient (Wildman–Crippen LogP) is 4.88. The Hall–Kier alpha value is -3.23. The molecule has 6 rings (SSSR count). The Bertz CT molecular complexity index is 1280. The number of benzene rings is 2. The number of aromatic nitrogens is 2. The molecule has 3 aliphatic rings. The molecule has 8 heteroatoms. The maximum absolute atomic E-state index is 12.1. The van der Waals surface area contributed by atoms with Gasteiger partial charge in [0, 0.05) is 41.7 Å². The lowest BCUT2D eigenvalue weighted by molar-refractivity contribution is -0.116. The molecular weight excluding hydrogens is 464 g/mol. The molecule has 3 unspecified atom stereocenters. The van der Waals surface area contributed by atoms with Crippen LogP contribution in [0.15, 0.2) is 42.5 Å². The fraction of sp³-hybridized carbons (Fsp3) is 0.483. The first-order valence-electron chi connectivity index (χ1n) is 13.7. The number of nitrogens with one attached hydrogen (secondary N) is 4. The number of fused-ring (bicyclic) bond motifs is 2. The summed E-state index contributed by atoms with van der Waals surface area (Å²) in [5, 5.41) is 7.75. The molecule has 194 valence electrons. The maximum Gasteiger partial charge on any atom is 0.224 e. The number of carbonyl (C=O) groups is 1. The number of ether oxygens (including phenoxy) is 1. The van der Waals surface area contributed by atoms with Gasteiger partial charge in [-0.2, -0.15) is 0 Å². The first kappa shape index (κ1) is 24.1. The summed E-state index contributed by atoms with van der Waals surface area (Å²) in [5.41, 5.74) is 9.25. The van der Waals surface area contributed by atoms with Crippen LogP contribution in [0.25, 0.3) is 22.3 Å². The molecule has 0 spiro atoms. The Kier molecular flexibility index (Phi) is 6.93. The summed E-state index contributed by atoms with van der Waals surface area (Å²) < 4.78 is 6.09. The molecule has 3 atom stereocenters. The van der Waals surface area contributed by atoms with Gasteiger partial charge in [-0.25, -0.2) is 9.97 Å². The summed E-state index contributed by atoms with van der Waals surface area (Å²) in [6, 6.07) is 14.8. The van der Waals surface area contributed by atoms with E-state index in [2.05, 4.69) is 27.6 Å². The first-order valence-corrected chi connectivity index (χ1v) is 13.7. The molecule has 8 nitrogen and oxygen atoms in total.